The molecule has 0 radical (unpaired) electrons. The summed E-state index contributed by atoms with van der Waals surface area (Å²) in [4.78, 5) is 29.1. The topological polar surface area (TPSA) is 86.8 Å². The molecule has 0 aliphatic heterocycles. The first kappa shape index (κ1) is 20.3. The molecule has 1 amide bonds. The van der Waals surface area contributed by atoms with Crippen molar-refractivity contribution in [3.8, 4) is 22.8 Å². The van der Waals surface area contributed by atoms with Crippen LogP contribution in [0.2, 0.25) is 0 Å². The normalized spacial score (nSPS) is 11.4. The Kier molecular flexibility index (Phi) is 6.46. The number of carbonyl (C=O) groups is 2. The lowest BCUT2D eigenvalue weighted by atomic mass is 10.2. The zero-order valence-electron chi connectivity index (χ0n) is 16.2. The minimum absolute atomic E-state index is 0.253. The lowest BCUT2D eigenvalue weighted by Gasteiger charge is -2.13. The first-order chi connectivity index (χ1) is 14.0. The highest BCUT2D eigenvalue weighted by atomic mass is 32.1. The monoisotopic (exact) mass is 412 g/mol. The lowest BCUT2D eigenvalue weighted by Crippen LogP contribution is -2.30. The lowest BCUT2D eigenvalue weighted by molar-refractivity contribution is -0.123. The number of ether oxygens (including phenoxy) is 3. The Morgan fingerprint density at radius 3 is 2.45 bits per heavy atom. The van der Waals surface area contributed by atoms with E-state index in [2.05, 4.69) is 10.3 Å². The van der Waals surface area contributed by atoms with E-state index in [1.807, 2.05) is 35.7 Å². The fourth-order valence-electron chi connectivity index (χ4n) is 2.52. The first-order valence-electron chi connectivity index (χ1n) is 8.76. The molecule has 1 aromatic heterocycles. The average molecular weight is 412 g/mol. The van der Waals surface area contributed by atoms with E-state index in [-0.39, 0.29) is 5.56 Å². The number of nitrogens with one attached hydrogen (secondary N) is 1. The molecule has 0 saturated carbocycles. The van der Waals surface area contributed by atoms with E-state index in [0.717, 1.165) is 11.3 Å². The number of aromatic nitrogens is 1. The summed E-state index contributed by atoms with van der Waals surface area (Å²) in [5, 5.41) is 4.96. The van der Waals surface area contributed by atoms with Crippen LogP contribution < -0.4 is 14.8 Å². The van der Waals surface area contributed by atoms with Crippen molar-refractivity contribution in [2.24, 2.45) is 0 Å². The van der Waals surface area contributed by atoms with Crippen LogP contribution in [0, 0.1) is 0 Å². The molecule has 1 atom stereocenters. The van der Waals surface area contributed by atoms with Crippen molar-refractivity contribution in [3.63, 3.8) is 0 Å². The largest absolute Gasteiger partial charge is 0.493 e. The number of amides is 1. The van der Waals surface area contributed by atoms with Crippen LogP contribution in [0.1, 0.15) is 17.3 Å². The molecule has 1 heterocycles. The fraction of sp³-hybridized carbons (Fsp3) is 0.190. The molecule has 0 spiro atoms. The molecule has 7 nitrogen and oxygen atoms in total. The van der Waals surface area contributed by atoms with Gasteiger partial charge in [0, 0.05) is 10.9 Å². The molecule has 0 fully saturated rings. The highest BCUT2D eigenvalue weighted by molar-refractivity contribution is 7.14. The zero-order valence-corrected chi connectivity index (χ0v) is 17.0. The maximum Gasteiger partial charge on any atom is 0.339 e. The van der Waals surface area contributed by atoms with E-state index in [0.29, 0.717) is 16.6 Å². The SMILES string of the molecule is COc1ccc(C(=O)O[C@@H](C)C(=O)Nc2nc(-c3ccccc3)cs2)cc1OC. The number of esters is 1. The van der Waals surface area contributed by atoms with Gasteiger partial charge in [0.05, 0.1) is 25.5 Å². The van der Waals surface area contributed by atoms with Gasteiger partial charge in [0.1, 0.15) is 0 Å². The van der Waals surface area contributed by atoms with Gasteiger partial charge in [0.2, 0.25) is 0 Å². The quantitative estimate of drug-likeness (QED) is 0.590. The van der Waals surface area contributed by atoms with E-state index in [1.54, 1.807) is 12.1 Å². The van der Waals surface area contributed by atoms with Crippen LogP contribution in [-0.2, 0) is 9.53 Å². The van der Waals surface area contributed by atoms with E-state index in [9.17, 15) is 9.59 Å². The number of rotatable bonds is 7. The van der Waals surface area contributed by atoms with Gasteiger partial charge in [-0.2, -0.15) is 0 Å². The molecule has 0 unspecified atom stereocenters. The zero-order chi connectivity index (χ0) is 20.8. The Hall–Kier alpha value is -3.39. The van der Waals surface area contributed by atoms with Crippen LogP contribution >= 0.6 is 11.3 Å². The van der Waals surface area contributed by atoms with Crippen LogP contribution in [0.3, 0.4) is 0 Å². The molecule has 2 aromatic carbocycles. The third kappa shape index (κ3) is 4.91. The summed E-state index contributed by atoms with van der Waals surface area (Å²) < 4.78 is 15.6. The van der Waals surface area contributed by atoms with E-state index in [4.69, 9.17) is 14.2 Å². The standard InChI is InChI=1S/C21H20N2O5S/c1-13(28-20(25)15-9-10-17(26-2)18(11-15)27-3)19(24)23-21-22-16(12-29-21)14-7-5-4-6-8-14/h4-13H,1-3H3,(H,22,23,24)/t13-/m0/s1. The summed E-state index contributed by atoms with van der Waals surface area (Å²) in [7, 11) is 2.98. The highest BCUT2D eigenvalue weighted by Crippen LogP contribution is 2.28. The first-order valence-corrected chi connectivity index (χ1v) is 9.64. The van der Waals surface area contributed by atoms with Gasteiger partial charge in [-0.1, -0.05) is 30.3 Å². The third-order valence-corrected chi connectivity index (χ3v) is 4.83. The number of hydrogen-bond acceptors (Lipinski definition) is 7. The summed E-state index contributed by atoms with van der Waals surface area (Å²) in [5.41, 5.74) is 1.97. The average Bonchev–Trinajstić information content (AvgIpc) is 3.22. The van der Waals surface area contributed by atoms with Crippen LogP contribution in [0.15, 0.2) is 53.9 Å². The number of carbonyl (C=O) groups excluding carboxylic acids is 2. The Morgan fingerprint density at radius 2 is 1.76 bits per heavy atom. The second-order valence-electron chi connectivity index (χ2n) is 6.01. The van der Waals surface area contributed by atoms with Gasteiger partial charge in [-0.3, -0.25) is 10.1 Å². The van der Waals surface area contributed by atoms with E-state index in [1.165, 1.54) is 38.5 Å². The Bertz CT molecular complexity index is 1000. The highest BCUT2D eigenvalue weighted by Gasteiger charge is 2.21. The Morgan fingerprint density at radius 1 is 1.03 bits per heavy atom. The molecule has 29 heavy (non-hydrogen) atoms. The summed E-state index contributed by atoms with van der Waals surface area (Å²) in [6.07, 6.45) is -1.00. The number of methoxy groups -OCH3 is 2. The number of hydrogen-bond donors (Lipinski definition) is 1. The van der Waals surface area contributed by atoms with Crippen molar-refractivity contribution in [2.75, 3.05) is 19.5 Å². The predicted molar refractivity (Wildman–Crippen MR) is 111 cm³/mol. The van der Waals surface area contributed by atoms with Crippen molar-refractivity contribution >= 4 is 28.3 Å². The van der Waals surface area contributed by atoms with Gasteiger partial charge in [-0.05, 0) is 25.1 Å². The molecule has 0 aliphatic rings. The van der Waals surface area contributed by atoms with Crippen molar-refractivity contribution < 1.29 is 23.8 Å². The summed E-state index contributed by atoms with van der Waals surface area (Å²) in [5.74, 6) is -0.214. The minimum Gasteiger partial charge on any atom is -0.493 e. The predicted octanol–water partition coefficient (Wildman–Crippen LogP) is 4.01. The van der Waals surface area contributed by atoms with Gasteiger partial charge in [0.15, 0.2) is 22.7 Å². The van der Waals surface area contributed by atoms with Gasteiger partial charge >= 0.3 is 5.97 Å². The minimum atomic E-state index is -1.00. The molecular formula is C21H20N2O5S. The van der Waals surface area contributed by atoms with E-state index < -0.39 is 18.0 Å². The smallest absolute Gasteiger partial charge is 0.339 e. The molecule has 1 N–H and O–H groups in total. The Labute approximate surface area is 172 Å². The van der Waals surface area contributed by atoms with Crippen LogP contribution in [0.25, 0.3) is 11.3 Å². The van der Waals surface area contributed by atoms with Crippen LogP contribution in [0.4, 0.5) is 5.13 Å². The summed E-state index contributed by atoms with van der Waals surface area (Å²) in [6, 6.07) is 14.3. The van der Waals surface area contributed by atoms with E-state index >= 15 is 0 Å². The number of anilines is 1. The van der Waals surface area contributed by atoms with Crippen molar-refractivity contribution in [1.82, 2.24) is 4.98 Å². The molecule has 0 saturated heterocycles. The molecule has 0 aliphatic carbocycles. The van der Waals surface area contributed by atoms with Crippen molar-refractivity contribution in [2.45, 2.75) is 13.0 Å². The maximum atomic E-state index is 12.4. The molecule has 3 aromatic rings. The second-order valence-corrected chi connectivity index (χ2v) is 6.87. The Balaban J connectivity index is 1.62. The van der Waals surface area contributed by atoms with Gasteiger partial charge in [0.25, 0.3) is 5.91 Å². The number of benzene rings is 2. The summed E-state index contributed by atoms with van der Waals surface area (Å²) in [6.45, 7) is 1.50. The third-order valence-electron chi connectivity index (χ3n) is 4.08. The molecule has 150 valence electrons. The van der Waals surface area contributed by atoms with Gasteiger partial charge in [-0.25, -0.2) is 9.78 Å². The fourth-order valence-corrected chi connectivity index (χ4v) is 3.25. The molecule has 8 heteroatoms. The van der Waals surface area contributed by atoms with Gasteiger partial charge in [-0.15, -0.1) is 11.3 Å². The van der Waals surface area contributed by atoms with Crippen LogP contribution in [0.5, 0.6) is 11.5 Å². The second kappa shape index (κ2) is 9.20. The number of thiazole rings is 1. The molecule has 3 rings (SSSR count). The molecular weight excluding hydrogens is 392 g/mol. The summed E-state index contributed by atoms with van der Waals surface area (Å²) >= 11 is 1.30. The van der Waals surface area contributed by atoms with Gasteiger partial charge < -0.3 is 14.2 Å². The van der Waals surface area contributed by atoms with Crippen LogP contribution in [-0.4, -0.2) is 37.2 Å². The van der Waals surface area contributed by atoms with Crippen molar-refractivity contribution in [1.29, 1.82) is 0 Å². The molecule has 0 bridgehead atoms. The van der Waals surface area contributed by atoms with Crippen molar-refractivity contribution in [3.05, 3.63) is 59.5 Å². The number of nitrogens with zero attached hydrogens (tertiary/aromatic N) is 1. The maximum absolute atomic E-state index is 12.4.